The summed E-state index contributed by atoms with van der Waals surface area (Å²) in [6.45, 7) is 2.04. The fourth-order valence-corrected chi connectivity index (χ4v) is 3.80. The normalized spacial score (nSPS) is 11.1. The minimum Gasteiger partial charge on any atom is -0.342 e. The Kier molecular flexibility index (Phi) is 6.77. The van der Waals surface area contributed by atoms with Gasteiger partial charge in [-0.3, -0.25) is 9.59 Å². The maximum atomic E-state index is 12.4. The third-order valence-corrected chi connectivity index (χ3v) is 5.73. The predicted octanol–water partition coefficient (Wildman–Crippen LogP) is 5.72. The second-order valence-electron chi connectivity index (χ2n) is 7.44. The van der Waals surface area contributed by atoms with Crippen LogP contribution in [0.5, 0.6) is 0 Å². The van der Waals surface area contributed by atoms with Gasteiger partial charge in [0.05, 0.1) is 16.3 Å². The third kappa shape index (κ3) is 5.42. The highest BCUT2D eigenvalue weighted by molar-refractivity contribution is 6.42. The van der Waals surface area contributed by atoms with Gasteiger partial charge < -0.3 is 9.88 Å². The van der Waals surface area contributed by atoms with Gasteiger partial charge in [-0.15, -0.1) is 0 Å². The Balaban J connectivity index is 1.50. The number of amides is 2. The SMILES string of the molecule is CC(=O)Nc1ccc(C(=O)N/N=C\c2cn(Cc3ccc(Cl)c(Cl)c3)c3ccccc23)cc1. The Morgan fingerprint density at radius 3 is 2.48 bits per heavy atom. The largest absolute Gasteiger partial charge is 0.342 e. The van der Waals surface area contributed by atoms with E-state index in [2.05, 4.69) is 20.4 Å². The summed E-state index contributed by atoms with van der Waals surface area (Å²) in [5.41, 5.74) is 6.52. The summed E-state index contributed by atoms with van der Waals surface area (Å²) in [7, 11) is 0. The van der Waals surface area contributed by atoms with Crippen LogP contribution in [0.15, 0.2) is 78.0 Å². The Hall–Kier alpha value is -3.61. The van der Waals surface area contributed by atoms with Crippen LogP contribution in [0.4, 0.5) is 5.69 Å². The van der Waals surface area contributed by atoms with Gasteiger partial charge in [0.25, 0.3) is 5.91 Å². The molecule has 166 valence electrons. The molecule has 6 nitrogen and oxygen atoms in total. The highest BCUT2D eigenvalue weighted by Crippen LogP contribution is 2.25. The van der Waals surface area contributed by atoms with Crippen LogP contribution >= 0.6 is 23.2 Å². The van der Waals surface area contributed by atoms with Crippen molar-refractivity contribution in [3.63, 3.8) is 0 Å². The maximum absolute atomic E-state index is 12.4. The lowest BCUT2D eigenvalue weighted by molar-refractivity contribution is -0.114. The van der Waals surface area contributed by atoms with E-state index in [0.717, 1.165) is 22.0 Å². The fourth-order valence-electron chi connectivity index (χ4n) is 3.48. The first-order valence-electron chi connectivity index (χ1n) is 10.1. The molecule has 2 amide bonds. The molecule has 0 aliphatic rings. The number of aromatic nitrogens is 1. The molecule has 1 aromatic heterocycles. The molecular formula is C25H20Cl2N4O2. The number of carbonyl (C=O) groups is 2. The minimum absolute atomic E-state index is 0.171. The quantitative estimate of drug-likeness (QED) is 0.274. The molecule has 0 saturated carbocycles. The van der Waals surface area contributed by atoms with E-state index in [4.69, 9.17) is 23.2 Å². The summed E-state index contributed by atoms with van der Waals surface area (Å²) in [4.78, 5) is 23.5. The van der Waals surface area contributed by atoms with E-state index < -0.39 is 0 Å². The van der Waals surface area contributed by atoms with Crippen molar-refractivity contribution >= 4 is 57.8 Å². The Morgan fingerprint density at radius 1 is 1.00 bits per heavy atom. The summed E-state index contributed by atoms with van der Waals surface area (Å²) in [5.74, 6) is -0.518. The molecular weight excluding hydrogens is 459 g/mol. The van der Waals surface area contributed by atoms with Crippen molar-refractivity contribution in [1.29, 1.82) is 0 Å². The molecule has 0 radical (unpaired) electrons. The van der Waals surface area contributed by atoms with E-state index in [1.54, 1.807) is 36.5 Å². The Labute approximate surface area is 200 Å². The topological polar surface area (TPSA) is 75.5 Å². The van der Waals surface area contributed by atoms with Crippen molar-refractivity contribution in [1.82, 2.24) is 9.99 Å². The van der Waals surface area contributed by atoms with E-state index in [9.17, 15) is 9.59 Å². The van der Waals surface area contributed by atoms with Gasteiger partial charge in [-0.2, -0.15) is 5.10 Å². The van der Waals surface area contributed by atoms with Gasteiger partial charge in [0.2, 0.25) is 5.91 Å². The lowest BCUT2D eigenvalue weighted by Gasteiger charge is -2.06. The average molecular weight is 479 g/mol. The number of nitrogens with zero attached hydrogens (tertiary/aromatic N) is 2. The number of fused-ring (bicyclic) bond motifs is 1. The monoisotopic (exact) mass is 478 g/mol. The van der Waals surface area contributed by atoms with Gasteiger partial charge >= 0.3 is 0 Å². The lowest BCUT2D eigenvalue weighted by atomic mass is 10.2. The Bertz CT molecular complexity index is 1360. The van der Waals surface area contributed by atoms with E-state index in [-0.39, 0.29) is 11.8 Å². The zero-order chi connectivity index (χ0) is 23.4. The fraction of sp³-hybridized carbons (Fsp3) is 0.0800. The van der Waals surface area contributed by atoms with E-state index in [1.165, 1.54) is 6.92 Å². The van der Waals surface area contributed by atoms with Gasteiger partial charge in [-0.05, 0) is 48.0 Å². The number of halogens is 2. The third-order valence-electron chi connectivity index (χ3n) is 4.99. The highest BCUT2D eigenvalue weighted by atomic mass is 35.5. The van der Waals surface area contributed by atoms with Crippen molar-refractivity contribution < 1.29 is 9.59 Å². The molecule has 33 heavy (non-hydrogen) atoms. The molecule has 1 heterocycles. The number of para-hydroxylation sites is 1. The molecule has 0 fully saturated rings. The zero-order valence-electron chi connectivity index (χ0n) is 17.7. The number of hydrogen-bond donors (Lipinski definition) is 2. The van der Waals surface area contributed by atoms with Crippen LogP contribution in [0.1, 0.15) is 28.4 Å². The van der Waals surface area contributed by atoms with Crippen molar-refractivity contribution in [3.8, 4) is 0 Å². The van der Waals surface area contributed by atoms with E-state index >= 15 is 0 Å². The van der Waals surface area contributed by atoms with Crippen LogP contribution < -0.4 is 10.7 Å². The molecule has 0 atom stereocenters. The number of nitrogens with one attached hydrogen (secondary N) is 2. The van der Waals surface area contributed by atoms with Gasteiger partial charge in [0.15, 0.2) is 0 Å². The van der Waals surface area contributed by atoms with Crippen LogP contribution in [-0.4, -0.2) is 22.6 Å². The van der Waals surface area contributed by atoms with E-state index in [1.807, 2.05) is 42.6 Å². The molecule has 3 aromatic carbocycles. The average Bonchev–Trinajstić information content (AvgIpc) is 3.14. The lowest BCUT2D eigenvalue weighted by Crippen LogP contribution is -2.17. The Morgan fingerprint density at radius 2 is 1.76 bits per heavy atom. The van der Waals surface area contributed by atoms with E-state index in [0.29, 0.717) is 27.8 Å². The molecule has 0 spiro atoms. The second-order valence-corrected chi connectivity index (χ2v) is 8.25. The number of anilines is 1. The summed E-state index contributed by atoms with van der Waals surface area (Å²) < 4.78 is 2.10. The maximum Gasteiger partial charge on any atom is 0.271 e. The molecule has 0 aliphatic carbocycles. The standard InChI is InChI=1S/C25H20Cl2N4O2/c1-16(32)29-20-9-7-18(8-10-20)25(33)30-28-13-19-15-31(24-5-3-2-4-21(19)24)14-17-6-11-22(26)23(27)12-17/h2-13,15H,14H2,1H3,(H,29,32)(H,30,33)/b28-13-. The van der Waals surface area contributed by atoms with Gasteiger partial charge in [-0.1, -0.05) is 47.5 Å². The second kappa shape index (κ2) is 9.90. The first-order valence-corrected chi connectivity index (χ1v) is 10.9. The van der Waals surface area contributed by atoms with Gasteiger partial charge in [0.1, 0.15) is 0 Å². The van der Waals surface area contributed by atoms with Crippen molar-refractivity contribution in [2.75, 3.05) is 5.32 Å². The first kappa shape index (κ1) is 22.6. The molecule has 0 saturated heterocycles. The van der Waals surface area contributed by atoms with Gasteiger partial charge in [0, 0.05) is 47.4 Å². The van der Waals surface area contributed by atoms with Crippen LogP contribution in [0, 0.1) is 0 Å². The minimum atomic E-state index is -0.347. The van der Waals surface area contributed by atoms with Crippen LogP contribution in [0.2, 0.25) is 10.0 Å². The number of hydrogen-bond acceptors (Lipinski definition) is 3. The first-order chi connectivity index (χ1) is 15.9. The number of carbonyl (C=O) groups excluding carboxylic acids is 2. The van der Waals surface area contributed by atoms with Crippen LogP contribution in [0.3, 0.4) is 0 Å². The van der Waals surface area contributed by atoms with Crippen molar-refractivity contribution in [2.45, 2.75) is 13.5 Å². The number of rotatable bonds is 6. The molecule has 4 rings (SSSR count). The molecule has 4 aromatic rings. The highest BCUT2D eigenvalue weighted by Gasteiger charge is 2.09. The van der Waals surface area contributed by atoms with Crippen LogP contribution in [-0.2, 0) is 11.3 Å². The summed E-state index contributed by atoms with van der Waals surface area (Å²) in [5, 5.41) is 8.84. The number of benzene rings is 3. The smallest absolute Gasteiger partial charge is 0.271 e. The van der Waals surface area contributed by atoms with Gasteiger partial charge in [-0.25, -0.2) is 5.43 Å². The molecule has 0 aliphatic heterocycles. The van der Waals surface area contributed by atoms with Crippen molar-refractivity contribution in [3.05, 3.63) is 99.7 Å². The molecule has 0 bridgehead atoms. The predicted molar refractivity (Wildman–Crippen MR) is 133 cm³/mol. The summed E-state index contributed by atoms with van der Waals surface area (Å²) in [6.07, 6.45) is 3.60. The summed E-state index contributed by atoms with van der Waals surface area (Å²) >= 11 is 12.2. The number of hydrazone groups is 1. The summed E-state index contributed by atoms with van der Waals surface area (Å²) in [6, 6.07) is 20.1. The molecule has 8 heteroatoms. The molecule has 2 N–H and O–H groups in total. The van der Waals surface area contributed by atoms with Crippen molar-refractivity contribution in [2.24, 2.45) is 5.10 Å². The van der Waals surface area contributed by atoms with Crippen LogP contribution in [0.25, 0.3) is 10.9 Å². The zero-order valence-corrected chi connectivity index (χ0v) is 19.2. The molecule has 0 unspecified atom stereocenters.